The van der Waals surface area contributed by atoms with Crippen molar-refractivity contribution in [1.82, 2.24) is 4.90 Å². The Morgan fingerprint density at radius 2 is 1.69 bits per heavy atom. The number of amides is 2. The summed E-state index contributed by atoms with van der Waals surface area (Å²) in [7, 11) is 0. The Hall–Kier alpha value is -2.73. The summed E-state index contributed by atoms with van der Waals surface area (Å²) in [6.07, 6.45) is 0. The lowest BCUT2D eigenvalue weighted by Crippen LogP contribution is -2.50. The predicted molar refractivity (Wildman–Crippen MR) is 116 cm³/mol. The number of nitrogens with zero attached hydrogens (tertiary/aromatic N) is 2. The van der Waals surface area contributed by atoms with E-state index in [1.807, 2.05) is 43.0 Å². The smallest absolute Gasteiger partial charge is 0.262 e. The fourth-order valence-corrected chi connectivity index (χ4v) is 3.47. The standard InChI is InChI=1S/C22H26ClN3O3/c1-16(2)22(28)26-13-11-25(12-14-26)19-9-5-4-8-18(19)24-21(27)15-29-20-10-6-3-7-17(20)23/h3-10,16H,11-15H2,1-2H3,(H,24,27). The largest absolute Gasteiger partial charge is 0.482 e. The van der Waals surface area contributed by atoms with Crippen LogP contribution in [-0.2, 0) is 9.59 Å². The summed E-state index contributed by atoms with van der Waals surface area (Å²) in [6.45, 7) is 6.51. The van der Waals surface area contributed by atoms with E-state index < -0.39 is 0 Å². The molecule has 7 heteroatoms. The molecule has 154 valence electrons. The SMILES string of the molecule is CC(C)C(=O)N1CCN(c2ccccc2NC(=O)COc2ccccc2Cl)CC1. The third-order valence-corrected chi connectivity index (χ3v) is 5.11. The molecule has 0 aromatic heterocycles. The summed E-state index contributed by atoms with van der Waals surface area (Å²) in [4.78, 5) is 28.7. The van der Waals surface area contributed by atoms with Crippen LogP contribution in [0.5, 0.6) is 5.75 Å². The Morgan fingerprint density at radius 1 is 1.03 bits per heavy atom. The van der Waals surface area contributed by atoms with Crippen molar-refractivity contribution in [1.29, 1.82) is 0 Å². The average molecular weight is 416 g/mol. The molecule has 0 aliphatic carbocycles. The van der Waals surface area contributed by atoms with Gasteiger partial charge in [-0.2, -0.15) is 0 Å². The first-order valence-electron chi connectivity index (χ1n) is 9.75. The monoisotopic (exact) mass is 415 g/mol. The zero-order valence-corrected chi connectivity index (χ0v) is 17.5. The van der Waals surface area contributed by atoms with Gasteiger partial charge in [-0.25, -0.2) is 0 Å². The summed E-state index contributed by atoms with van der Waals surface area (Å²) in [6, 6.07) is 14.7. The van der Waals surface area contributed by atoms with Gasteiger partial charge in [-0.15, -0.1) is 0 Å². The molecule has 1 aliphatic rings. The first kappa shape index (κ1) is 21.0. The number of hydrogen-bond donors (Lipinski definition) is 1. The quantitative estimate of drug-likeness (QED) is 0.782. The fraction of sp³-hybridized carbons (Fsp3) is 0.364. The maximum atomic E-state index is 12.4. The number of nitrogens with one attached hydrogen (secondary N) is 1. The number of para-hydroxylation sites is 3. The minimum Gasteiger partial charge on any atom is -0.482 e. The van der Waals surface area contributed by atoms with Crippen molar-refractivity contribution in [3.8, 4) is 5.75 Å². The lowest BCUT2D eigenvalue weighted by atomic mass is 10.1. The summed E-state index contributed by atoms with van der Waals surface area (Å²) >= 11 is 6.06. The second kappa shape index (κ2) is 9.65. The van der Waals surface area contributed by atoms with E-state index in [4.69, 9.17) is 16.3 Å². The van der Waals surface area contributed by atoms with E-state index in [2.05, 4.69) is 10.2 Å². The van der Waals surface area contributed by atoms with Gasteiger partial charge in [-0.3, -0.25) is 9.59 Å². The average Bonchev–Trinajstić information content (AvgIpc) is 2.73. The van der Waals surface area contributed by atoms with E-state index in [1.165, 1.54) is 0 Å². The molecule has 0 atom stereocenters. The molecule has 0 saturated carbocycles. The maximum absolute atomic E-state index is 12.4. The second-order valence-corrected chi connectivity index (χ2v) is 7.66. The topological polar surface area (TPSA) is 61.9 Å². The zero-order valence-electron chi connectivity index (χ0n) is 16.7. The number of carbonyl (C=O) groups excluding carboxylic acids is 2. The molecule has 0 spiro atoms. The number of carbonyl (C=O) groups is 2. The number of anilines is 2. The Labute approximate surface area is 176 Å². The zero-order chi connectivity index (χ0) is 20.8. The van der Waals surface area contributed by atoms with Gasteiger partial charge in [0.1, 0.15) is 5.75 Å². The van der Waals surface area contributed by atoms with E-state index in [1.54, 1.807) is 24.3 Å². The van der Waals surface area contributed by atoms with Gasteiger partial charge in [0.25, 0.3) is 5.91 Å². The molecule has 0 unspecified atom stereocenters. The van der Waals surface area contributed by atoms with Crippen LogP contribution in [0.3, 0.4) is 0 Å². The molecule has 2 aromatic rings. The van der Waals surface area contributed by atoms with Gasteiger partial charge in [-0.05, 0) is 24.3 Å². The van der Waals surface area contributed by atoms with Crippen molar-refractivity contribution in [2.75, 3.05) is 43.0 Å². The van der Waals surface area contributed by atoms with E-state index >= 15 is 0 Å². The van der Waals surface area contributed by atoms with Crippen LogP contribution in [0.2, 0.25) is 5.02 Å². The van der Waals surface area contributed by atoms with Crippen molar-refractivity contribution in [2.24, 2.45) is 5.92 Å². The number of ether oxygens (including phenoxy) is 1. The molecule has 1 fully saturated rings. The summed E-state index contributed by atoms with van der Waals surface area (Å²) in [5, 5.41) is 3.39. The molecule has 1 N–H and O–H groups in total. The van der Waals surface area contributed by atoms with Crippen LogP contribution in [-0.4, -0.2) is 49.5 Å². The molecule has 0 bridgehead atoms. The second-order valence-electron chi connectivity index (χ2n) is 7.25. The third-order valence-electron chi connectivity index (χ3n) is 4.80. The van der Waals surface area contributed by atoms with Gasteiger partial charge < -0.3 is 19.9 Å². The van der Waals surface area contributed by atoms with Crippen LogP contribution < -0.4 is 15.0 Å². The number of hydrogen-bond acceptors (Lipinski definition) is 4. The van der Waals surface area contributed by atoms with Crippen molar-refractivity contribution < 1.29 is 14.3 Å². The van der Waals surface area contributed by atoms with Crippen molar-refractivity contribution in [3.63, 3.8) is 0 Å². The van der Waals surface area contributed by atoms with Crippen LogP contribution >= 0.6 is 11.6 Å². The molecule has 2 amide bonds. The maximum Gasteiger partial charge on any atom is 0.262 e. The van der Waals surface area contributed by atoms with Gasteiger partial charge in [0.05, 0.1) is 16.4 Å². The number of benzene rings is 2. The highest BCUT2D eigenvalue weighted by atomic mass is 35.5. The molecule has 1 saturated heterocycles. The lowest BCUT2D eigenvalue weighted by Gasteiger charge is -2.37. The first-order chi connectivity index (χ1) is 14.0. The van der Waals surface area contributed by atoms with Crippen molar-refractivity contribution >= 4 is 34.8 Å². The number of halogens is 1. The van der Waals surface area contributed by atoms with E-state index in [0.717, 1.165) is 24.5 Å². The van der Waals surface area contributed by atoms with E-state index in [9.17, 15) is 9.59 Å². The van der Waals surface area contributed by atoms with E-state index in [-0.39, 0.29) is 24.3 Å². The van der Waals surface area contributed by atoms with Crippen LogP contribution in [0.4, 0.5) is 11.4 Å². The van der Waals surface area contributed by atoms with Crippen LogP contribution in [0.15, 0.2) is 48.5 Å². The highest BCUT2D eigenvalue weighted by Gasteiger charge is 2.24. The van der Waals surface area contributed by atoms with Gasteiger partial charge in [0.2, 0.25) is 5.91 Å². The first-order valence-corrected chi connectivity index (χ1v) is 10.1. The minimum atomic E-state index is -0.258. The molecule has 0 radical (unpaired) electrons. The third kappa shape index (κ3) is 5.41. The van der Waals surface area contributed by atoms with Gasteiger partial charge in [0, 0.05) is 32.1 Å². The fourth-order valence-electron chi connectivity index (χ4n) is 3.28. The normalized spacial score (nSPS) is 14.1. The molecular formula is C22H26ClN3O3. The molecule has 29 heavy (non-hydrogen) atoms. The van der Waals surface area contributed by atoms with E-state index in [0.29, 0.717) is 23.9 Å². The Bertz CT molecular complexity index is 864. The summed E-state index contributed by atoms with van der Waals surface area (Å²) in [5.74, 6) is 0.406. The van der Waals surface area contributed by atoms with Gasteiger partial charge >= 0.3 is 0 Å². The molecule has 6 nitrogen and oxygen atoms in total. The minimum absolute atomic E-state index is 0.00578. The van der Waals surface area contributed by atoms with Gasteiger partial charge in [-0.1, -0.05) is 49.7 Å². The van der Waals surface area contributed by atoms with Crippen LogP contribution in [0.1, 0.15) is 13.8 Å². The highest BCUT2D eigenvalue weighted by molar-refractivity contribution is 6.32. The molecular weight excluding hydrogens is 390 g/mol. The van der Waals surface area contributed by atoms with Crippen molar-refractivity contribution in [2.45, 2.75) is 13.8 Å². The van der Waals surface area contributed by atoms with Crippen LogP contribution in [0.25, 0.3) is 0 Å². The Kier molecular flexibility index (Phi) is 6.99. The highest BCUT2D eigenvalue weighted by Crippen LogP contribution is 2.27. The Morgan fingerprint density at radius 3 is 2.38 bits per heavy atom. The molecule has 2 aromatic carbocycles. The summed E-state index contributed by atoms with van der Waals surface area (Å²) in [5.41, 5.74) is 1.67. The predicted octanol–water partition coefficient (Wildman–Crippen LogP) is 3.66. The molecule has 1 aliphatic heterocycles. The lowest BCUT2D eigenvalue weighted by molar-refractivity contribution is -0.134. The summed E-state index contributed by atoms with van der Waals surface area (Å²) < 4.78 is 5.52. The Balaban J connectivity index is 1.60. The van der Waals surface area contributed by atoms with Crippen molar-refractivity contribution in [3.05, 3.63) is 53.6 Å². The molecule has 1 heterocycles. The molecule has 3 rings (SSSR count). The number of rotatable bonds is 6. The van der Waals surface area contributed by atoms with Crippen LogP contribution in [0, 0.1) is 5.92 Å². The van der Waals surface area contributed by atoms with Gasteiger partial charge in [0.15, 0.2) is 6.61 Å². The number of piperazine rings is 1.